The van der Waals surface area contributed by atoms with Gasteiger partial charge in [-0.3, -0.25) is 19.6 Å². The number of halogens is 3. The van der Waals surface area contributed by atoms with E-state index in [9.17, 15) is 22.8 Å². The molecule has 3 heterocycles. The van der Waals surface area contributed by atoms with Gasteiger partial charge in [0.05, 0.1) is 23.4 Å². The number of carbonyl (C=O) groups is 2. The summed E-state index contributed by atoms with van der Waals surface area (Å²) in [6.07, 6.45) is -0.287. The Kier molecular flexibility index (Phi) is 7.29. The number of amides is 2. The second-order valence-electron chi connectivity index (χ2n) is 6.69. The number of hydrogen-bond acceptors (Lipinski definition) is 5. The molecule has 0 radical (unpaired) electrons. The Balaban J connectivity index is 0.00000181. The Hall–Kier alpha value is -3.41. The fraction of sp³-hybridized carbons (Fsp3) is 0.250. The quantitative estimate of drug-likeness (QED) is 0.632. The van der Waals surface area contributed by atoms with E-state index in [1.165, 1.54) is 40.3 Å². The lowest BCUT2D eigenvalue weighted by molar-refractivity contribution is -0.137. The molecule has 0 spiro atoms. The summed E-state index contributed by atoms with van der Waals surface area (Å²) >= 11 is 0. The van der Waals surface area contributed by atoms with E-state index in [2.05, 4.69) is 20.4 Å². The first-order valence-electron chi connectivity index (χ1n) is 8.90. The maximum Gasteiger partial charge on any atom is 0.416 e. The van der Waals surface area contributed by atoms with Gasteiger partial charge in [0.2, 0.25) is 5.95 Å². The first kappa shape index (κ1) is 24.9. The zero-order valence-corrected chi connectivity index (χ0v) is 17.1. The molecular formula is C20H21F3N6O2S. The van der Waals surface area contributed by atoms with Crippen LogP contribution in [0.15, 0.2) is 48.9 Å². The third kappa shape index (κ3) is 4.59. The topological polar surface area (TPSA) is 93.0 Å². The van der Waals surface area contributed by atoms with Gasteiger partial charge < -0.3 is 4.90 Å². The lowest BCUT2D eigenvalue weighted by Crippen LogP contribution is -2.43. The zero-order chi connectivity index (χ0) is 21.5. The summed E-state index contributed by atoms with van der Waals surface area (Å²) in [5, 5.41) is 6.64. The minimum Gasteiger partial charge on any atom is -0.305 e. The van der Waals surface area contributed by atoms with Crippen molar-refractivity contribution in [3.8, 4) is 0 Å². The van der Waals surface area contributed by atoms with E-state index in [1.54, 1.807) is 13.0 Å². The van der Waals surface area contributed by atoms with Crippen LogP contribution >= 0.6 is 13.5 Å². The maximum atomic E-state index is 13.1. The van der Waals surface area contributed by atoms with Crippen molar-refractivity contribution >= 4 is 36.9 Å². The normalized spacial score (nSPS) is 15.3. The Morgan fingerprint density at radius 3 is 2.38 bits per heavy atom. The van der Waals surface area contributed by atoms with Crippen molar-refractivity contribution in [2.75, 3.05) is 16.8 Å². The molecule has 0 unspecified atom stereocenters. The van der Waals surface area contributed by atoms with Crippen molar-refractivity contribution in [3.05, 3.63) is 65.7 Å². The first-order valence-corrected chi connectivity index (χ1v) is 8.90. The molecule has 1 N–H and O–H groups in total. The summed E-state index contributed by atoms with van der Waals surface area (Å²) in [5.74, 6) is -1.08. The van der Waals surface area contributed by atoms with Crippen LogP contribution in [0.25, 0.3) is 0 Å². The lowest BCUT2D eigenvalue weighted by atomic mass is 10.1. The minimum atomic E-state index is -4.47. The van der Waals surface area contributed by atoms with Crippen molar-refractivity contribution in [3.63, 3.8) is 0 Å². The predicted octanol–water partition coefficient (Wildman–Crippen LogP) is 3.91. The number of alkyl halides is 3. The highest BCUT2D eigenvalue weighted by molar-refractivity contribution is 7.59. The molecule has 4 rings (SSSR count). The van der Waals surface area contributed by atoms with E-state index < -0.39 is 23.6 Å². The monoisotopic (exact) mass is 466 g/mol. The van der Waals surface area contributed by atoms with Crippen LogP contribution in [0.4, 0.5) is 24.8 Å². The molecule has 2 amide bonds. The van der Waals surface area contributed by atoms with Gasteiger partial charge in [-0.25, -0.2) is 9.97 Å². The molecule has 1 atom stereocenters. The maximum absolute atomic E-state index is 13.1. The van der Waals surface area contributed by atoms with Crippen molar-refractivity contribution in [2.45, 2.75) is 26.6 Å². The number of nitrogens with zero attached hydrogens (tertiary/aromatic N) is 5. The Labute approximate surface area is 188 Å². The van der Waals surface area contributed by atoms with E-state index in [4.69, 9.17) is 0 Å². The molecule has 1 aromatic carbocycles. The van der Waals surface area contributed by atoms with Crippen molar-refractivity contribution in [1.82, 2.24) is 19.7 Å². The van der Waals surface area contributed by atoms with Gasteiger partial charge in [-0.2, -0.15) is 31.8 Å². The van der Waals surface area contributed by atoms with Crippen molar-refractivity contribution in [2.24, 2.45) is 0 Å². The van der Waals surface area contributed by atoms with Crippen LogP contribution in [0, 0.1) is 0 Å². The van der Waals surface area contributed by atoms with Crippen LogP contribution in [-0.4, -0.2) is 38.1 Å². The molecule has 1 aliphatic heterocycles. The number of hydrogen-bond donors (Lipinski definition) is 1. The summed E-state index contributed by atoms with van der Waals surface area (Å²) < 4.78 is 39.9. The molecule has 0 saturated heterocycles. The van der Waals surface area contributed by atoms with Gasteiger partial charge in [-0.1, -0.05) is 7.43 Å². The van der Waals surface area contributed by atoms with Gasteiger partial charge in [0.15, 0.2) is 0 Å². The fourth-order valence-electron chi connectivity index (χ4n) is 3.21. The molecule has 3 aromatic rings. The highest BCUT2D eigenvalue weighted by Crippen LogP contribution is 2.32. The van der Waals surface area contributed by atoms with Gasteiger partial charge in [0, 0.05) is 24.6 Å². The van der Waals surface area contributed by atoms with Crippen LogP contribution in [0.3, 0.4) is 0 Å². The molecule has 0 fully saturated rings. The number of nitrogens with one attached hydrogen (secondary N) is 1. The Bertz CT molecular complexity index is 1100. The van der Waals surface area contributed by atoms with E-state index in [-0.39, 0.29) is 50.7 Å². The number of benzene rings is 1. The number of carbonyl (C=O) groups excluding carboxylic acids is 2. The van der Waals surface area contributed by atoms with E-state index in [1.807, 2.05) is 0 Å². The van der Waals surface area contributed by atoms with Crippen molar-refractivity contribution < 1.29 is 22.8 Å². The van der Waals surface area contributed by atoms with Gasteiger partial charge in [0.25, 0.3) is 11.8 Å². The fourth-order valence-corrected chi connectivity index (χ4v) is 3.21. The molecule has 8 nitrogen and oxygen atoms in total. The van der Waals surface area contributed by atoms with E-state index >= 15 is 0 Å². The SMILES string of the molecule is C.C[C@H]1CN(c2ccc(C(F)(F)F)cc2)C(=O)c2c(C(=O)Nc3ncccn3)cnn21.S. The Morgan fingerprint density at radius 1 is 1.16 bits per heavy atom. The van der Waals surface area contributed by atoms with Gasteiger partial charge >= 0.3 is 6.18 Å². The third-order valence-corrected chi connectivity index (χ3v) is 4.65. The van der Waals surface area contributed by atoms with Crippen LogP contribution < -0.4 is 10.2 Å². The summed E-state index contributed by atoms with van der Waals surface area (Å²) in [4.78, 5) is 34.9. The van der Waals surface area contributed by atoms with Crippen molar-refractivity contribution in [1.29, 1.82) is 0 Å². The highest BCUT2D eigenvalue weighted by atomic mass is 32.1. The summed E-state index contributed by atoms with van der Waals surface area (Å²) in [7, 11) is 0. The van der Waals surface area contributed by atoms with Crippen LogP contribution in [-0.2, 0) is 6.18 Å². The van der Waals surface area contributed by atoms with Crippen LogP contribution in [0.2, 0.25) is 0 Å². The molecule has 0 saturated carbocycles. The molecular weight excluding hydrogens is 445 g/mol. The second-order valence-corrected chi connectivity index (χ2v) is 6.69. The highest BCUT2D eigenvalue weighted by Gasteiger charge is 2.36. The molecule has 32 heavy (non-hydrogen) atoms. The number of fused-ring (bicyclic) bond motifs is 1. The summed E-state index contributed by atoms with van der Waals surface area (Å²) in [6.45, 7) is 1.99. The summed E-state index contributed by atoms with van der Waals surface area (Å²) in [6, 6.07) is 5.59. The number of anilines is 2. The molecule has 0 aliphatic carbocycles. The molecule has 0 bridgehead atoms. The number of aromatic nitrogens is 4. The van der Waals surface area contributed by atoms with Gasteiger partial charge in [0.1, 0.15) is 5.69 Å². The van der Waals surface area contributed by atoms with Crippen LogP contribution in [0.5, 0.6) is 0 Å². The molecule has 2 aromatic heterocycles. The molecule has 12 heteroatoms. The van der Waals surface area contributed by atoms with E-state index in [0.717, 1.165) is 12.1 Å². The van der Waals surface area contributed by atoms with Gasteiger partial charge in [-0.15, -0.1) is 0 Å². The average molecular weight is 466 g/mol. The lowest BCUT2D eigenvalue weighted by Gasteiger charge is -2.32. The molecule has 1 aliphatic rings. The average Bonchev–Trinajstić information content (AvgIpc) is 3.17. The second kappa shape index (κ2) is 9.39. The smallest absolute Gasteiger partial charge is 0.305 e. The largest absolute Gasteiger partial charge is 0.416 e. The zero-order valence-electron chi connectivity index (χ0n) is 16.1. The third-order valence-electron chi connectivity index (χ3n) is 4.65. The Morgan fingerprint density at radius 2 is 1.78 bits per heavy atom. The first-order chi connectivity index (χ1) is 14.3. The predicted molar refractivity (Wildman–Crippen MR) is 117 cm³/mol. The summed E-state index contributed by atoms with van der Waals surface area (Å²) in [5.41, 5.74) is -0.445. The van der Waals surface area contributed by atoms with Crippen LogP contribution in [0.1, 0.15) is 46.8 Å². The standard InChI is InChI=1S/C19H15F3N6O2.CH4.H2S/c1-11-10-27(13-5-3-12(4-6-13)19(20,21)22)17(30)15-14(9-25-28(11)15)16(29)26-18-23-7-2-8-24-18;;/h2-9,11H,10H2,1H3,(H,23,24,26,29);1H4;1H2/t11-;;/m0../s1. The molecule has 170 valence electrons. The number of rotatable bonds is 3. The van der Waals surface area contributed by atoms with Gasteiger partial charge in [-0.05, 0) is 37.3 Å². The van der Waals surface area contributed by atoms with E-state index in [0.29, 0.717) is 5.69 Å². The minimum absolute atomic E-state index is 0.